The Balaban J connectivity index is 1.88. The van der Waals surface area contributed by atoms with Crippen molar-refractivity contribution in [3.63, 3.8) is 0 Å². The van der Waals surface area contributed by atoms with E-state index in [9.17, 15) is 0 Å². The summed E-state index contributed by atoms with van der Waals surface area (Å²) in [5, 5.41) is 3.07. The maximum atomic E-state index is 4.49. The van der Waals surface area contributed by atoms with Crippen molar-refractivity contribution >= 4 is 22.4 Å². The van der Waals surface area contributed by atoms with E-state index in [0.29, 0.717) is 6.04 Å². The molecule has 1 aliphatic carbocycles. The molecular formula is C13H11N3S. The van der Waals surface area contributed by atoms with Gasteiger partial charge in [-0.05, 0) is 31.0 Å². The number of benzene rings is 1. The van der Waals surface area contributed by atoms with Crippen molar-refractivity contribution in [3.05, 3.63) is 36.1 Å². The molecule has 1 aliphatic rings. The van der Waals surface area contributed by atoms with Crippen molar-refractivity contribution in [1.82, 2.24) is 14.5 Å². The third-order valence-electron chi connectivity index (χ3n) is 3.19. The molecule has 0 amide bonds. The van der Waals surface area contributed by atoms with Crippen LogP contribution in [0.25, 0.3) is 21.6 Å². The second-order valence-electron chi connectivity index (χ2n) is 4.42. The summed E-state index contributed by atoms with van der Waals surface area (Å²) in [4.78, 5) is 8.82. The summed E-state index contributed by atoms with van der Waals surface area (Å²) < 4.78 is 2.29. The smallest absolute Gasteiger partial charge is 0.123 e. The van der Waals surface area contributed by atoms with Crippen LogP contribution in [-0.2, 0) is 0 Å². The fraction of sp³-hybridized carbons (Fsp3) is 0.231. The lowest BCUT2D eigenvalue weighted by Gasteiger charge is -2.01. The molecule has 0 N–H and O–H groups in total. The van der Waals surface area contributed by atoms with Crippen LogP contribution in [0.3, 0.4) is 0 Å². The number of thiazole rings is 1. The van der Waals surface area contributed by atoms with Gasteiger partial charge in [-0.25, -0.2) is 9.97 Å². The summed E-state index contributed by atoms with van der Waals surface area (Å²) in [6, 6.07) is 7.12. The van der Waals surface area contributed by atoms with Gasteiger partial charge < -0.3 is 4.57 Å². The SMILES string of the molecule is c1csc(-c2ccc3c(c2)ncn3C2CC2)n1. The Morgan fingerprint density at radius 3 is 2.94 bits per heavy atom. The molecule has 0 saturated heterocycles. The molecule has 84 valence electrons. The van der Waals surface area contributed by atoms with Crippen LogP contribution in [0, 0.1) is 0 Å². The Morgan fingerprint density at radius 1 is 1.24 bits per heavy atom. The van der Waals surface area contributed by atoms with E-state index in [1.165, 1.54) is 18.4 Å². The van der Waals surface area contributed by atoms with Crippen LogP contribution in [0.4, 0.5) is 0 Å². The highest BCUT2D eigenvalue weighted by atomic mass is 32.1. The van der Waals surface area contributed by atoms with Gasteiger partial charge in [-0.2, -0.15) is 0 Å². The highest BCUT2D eigenvalue weighted by Gasteiger charge is 2.24. The first-order valence-electron chi connectivity index (χ1n) is 5.78. The fourth-order valence-electron chi connectivity index (χ4n) is 2.17. The van der Waals surface area contributed by atoms with Gasteiger partial charge in [0, 0.05) is 23.2 Å². The van der Waals surface area contributed by atoms with Crippen LogP contribution in [-0.4, -0.2) is 14.5 Å². The van der Waals surface area contributed by atoms with Gasteiger partial charge in [0.2, 0.25) is 0 Å². The lowest BCUT2D eigenvalue weighted by Crippen LogP contribution is -1.90. The monoisotopic (exact) mass is 241 g/mol. The minimum Gasteiger partial charge on any atom is -0.327 e. The molecule has 0 unspecified atom stereocenters. The molecule has 1 aromatic carbocycles. The zero-order valence-corrected chi connectivity index (χ0v) is 10.0. The number of aromatic nitrogens is 3. The summed E-state index contributed by atoms with van der Waals surface area (Å²) in [6.07, 6.45) is 6.39. The molecule has 4 rings (SSSR count). The van der Waals surface area contributed by atoms with Gasteiger partial charge in [-0.1, -0.05) is 0 Å². The molecule has 3 aromatic rings. The predicted molar refractivity (Wildman–Crippen MR) is 69.1 cm³/mol. The molecule has 2 aromatic heterocycles. The van der Waals surface area contributed by atoms with E-state index in [0.717, 1.165) is 16.1 Å². The molecule has 1 fully saturated rings. The molecule has 4 heteroatoms. The first kappa shape index (κ1) is 9.36. The first-order valence-corrected chi connectivity index (χ1v) is 6.66. The van der Waals surface area contributed by atoms with Gasteiger partial charge in [0.15, 0.2) is 0 Å². The molecule has 0 aliphatic heterocycles. The van der Waals surface area contributed by atoms with E-state index in [4.69, 9.17) is 0 Å². The van der Waals surface area contributed by atoms with E-state index in [2.05, 4.69) is 32.7 Å². The molecule has 0 atom stereocenters. The van der Waals surface area contributed by atoms with Gasteiger partial charge >= 0.3 is 0 Å². The highest BCUT2D eigenvalue weighted by Crippen LogP contribution is 2.37. The average molecular weight is 241 g/mol. The lowest BCUT2D eigenvalue weighted by molar-refractivity contribution is 0.766. The second kappa shape index (κ2) is 3.40. The van der Waals surface area contributed by atoms with E-state index >= 15 is 0 Å². The molecule has 0 bridgehead atoms. The van der Waals surface area contributed by atoms with Crippen molar-refractivity contribution in [1.29, 1.82) is 0 Å². The van der Waals surface area contributed by atoms with E-state index in [-0.39, 0.29) is 0 Å². The summed E-state index contributed by atoms with van der Waals surface area (Å²) in [5.74, 6) is 0. The molecule has 0 spiro atoms. The summed E-state index contributed by atoms with van der Waals surface area (Å²) in [7, 11) is 0. The highest BCUT2D eigenvalue weighted by molar-refractivity contribution is 7.13. The van der Waals surface area contributed by atoms with E-state index in [1.807, 2.05) is 17.9 Å². The van der Waals surface area contributed by atoms with Crippen LogP contribution < -0.4 is 0 Å². The van der Waals surface area contributed by atoms with Crippen LogP contribution in [0.2, 0.25) is 0 Å². The quantitative estimate of drug-likeness (QED) is 0.687. The maximum absolute atomic E-state index is 4.49. The predicted octanol–water partition coefficient (Wildman–Crippen LogP) is 3.49. The lowest BCUT2D eigenvalue weighted by atomic mass is 10.2. The summed E-state index contributed by atoms with van der Waals surface area (Å²) >= 11 is 1.66. The number of imidazole rings is 1. The number of rotatable bonds is 2. The maximum Gasteiger partial charge on any atom is 0.123 e. The minimum absolute atomic E-state index is 0.686. The first-order chi connectivity index (χ1) is 8.42. The standard InChI is InChI=1S/C13H11N3S/c1-4-12-11(15-8-16(12)10-2-3-10)7-9(1)13-14-5-6-17-13/h1,4-8,10H,2-3H2. The minimum atomic E-state index is 0.686. The summed E-state index contributed by atoms with van der Waals surface area (Å²) in [6.45, 7) is 0. The van der Waals surface area contributed by atoms with Gasteiger partial charge in [0.05, 0.1) is 17.4 Å². The van der Waals surface area contributed by atoms with Gasteiger partial charge in [-0.3, -0.25) is 0 Å². The van der Waals surface area contributed by atoms with Crippen molar-refractivity contribution in [2.24, 2.45) is 0 Å². The van der Waals surface area contributed by atoms with Gasteiger partial charge in [0.25, 0.3) is 0 Å². The molecule has 3 nitrogen and oxygen atoms in total. The average Bonchev–Trinajstić information content (AvgIpc) is 2.93. The largest absolute Gasteiger partial charge is 0.327 e. The molecule has 0 radical (unpaired) electrons. The van der Waals surface area contributed by atoms with Crippen molar-refractivity contribution in [2.75, 3.05) is 0 Å². The van der Waals surface area contributed by atoms with Crippen LogP contribution in [0.5, 0.6) is 0 Å². The van der Waals surface area contributed by atoms with Gasteiger partial charge in [-0.15, -0.1) is 11.3 Å². The second-order valence-corrected chi connectivity index (χ2v) is 5.32. The van der Waals surface area contributed by atoms with E-state index in [1.54, 1.807) is 11.3 Å². The van der Waals surface area contributed by atoms with Crippen molar-refractivity contribution in [3.8, 4) is 10.6 Å². The van der Waals surface area contributed by atoms with Crippen molar-refractivity contribution in [2.45, 2.75) is 18.9 Å². The van der Waals surface area contributed by atoms with E-state index < -0.39 is 0 Å². The number of hydrogen-bond donors (Lipinski definition) is 0. The third kappa shape index (κ3) is 1.48. The number of nitrogens with zero attached hydrogens (tertiary/aromatic N) is 3. The van der Waals surface area contributed by atoms with Gasteiger partial charge in [0.1, 0.15) is 5.01 Å². The zero-order valence-electron chi connectivity index (χ0n) is 9.21. The van der Waals surface area contributed by atoms with Crippen LogP contribution >= 0.6 is 11.3 Å². The fourth-order valence-corrected chi connectivity index (χ4v) is 2.81. The van der Waals surface area contributed by atoms with Crippen molar-refractivity contribution < 1.29 is 0 Å². The number of fused-ring (bicyclic) bond motifs is 1. The number of hydrogen-bond acceptors (Lipinski definition) is 3. The summed E-state index contributed by atoms with van der Waals surface area (Å²) in [5.41, 5.74) is 3.48. The van der Waals surface area contributed by atoms with Crippen LogP contribution in [0.15, 0.2) is 36.1 Å². The molecule has 2 heterocycles. The Bertz CT molecular complexity index is 665. The Morgan fingerprint density at radius 2 is 2.18 bits per heavy atom. The third-order valence-corrected chi connectivity index (χ3v) is 4.02. The Hall–Kier alpha value is -1.68. The Labute approximate surface area is 103 Å². The normalized spacial score (nSPS) is 15.5. The topological polar surface area (TPSA) is 30.7 Å². The Kier molecular flexibility index (Phi) is 1.87. The van der Waals surface area contributed by atoms with Crippen LogP contribution in [0.1, 0.15) is 18.9 Å². The molecular weight excluding hydrogens is 230 g/mol. The molecule has 17 heavy (non-hydrogen) atoms. The molecule has 1 saturated carbocycles. The zero-order chi connectivity index (χ0) is 11.2.